The lowest BCUT2D eigenvalue weighted by Crippen LogP contribution is -2.38. The van der Waals surface area contributed by atoms with Crippen molar-refractivity contribution in [3.05, 3.63) is 71.5 Å². The highest BCUT2D eigenvalue weighted by molar-refractivity contribution is 5.79. The van der Waals surface area contributed by atoms with Gasteiger partial charge in [-0.1, -0.05) is 56.3 Å². The molecule has 0 aliphatic carbocycles. The van der Waals surface area contributed by atoms with Gasteiger partial charge in [0.2, 0.25) is 5.91 Å². The van der Waals surface area contributed by atoms with Crippen molar-refractivity contribution in [2.45, 2.75) is 32.4 Å². The Labute approximate surface area is 152 Å². The predicted molar refractivity (Wildman–Crippen MR) is 98.6 cm³/mol. The minimum atomic E-state index is -0.689. The van der Waals surface area contributed by atoms with Crippen LogP contribution in [-0.2, 0) is 4.79 Å². The van der Waals surface area contributed by atoms with Gasteiger partial charge in [-0.05, 0) is 29.2 Å². The standard InChI is InChI=1S/C20H24FN3O2/c1-13(2)19(15-8-10-16(21)11-9-15)24-18(25)12-17(23-20(22)26)14-6-4-3-5-7-14/h3-11,13,17,19H,12H2,1-2H3,(H,24,25)(H3,22,23,26)/t17-,19+/m1/s1. The number of primary amides is 1. The maximum absolute atomic E-state index is 13.2. The fourth-order valence-electron chi connectivity index (χ4n) is 2.83. The van der Waals surface area contributed by atoms with Gasteiger partial charge in [-0.15, -0.1) is 0 Å². The number of hydrogen-bond acceptors (Lipinski definition) is 2. The fourth-order valence-corrected chi connectivity index (χ4v) is 2.83. The first kappa shape index (κ1) is 19.4. The Morgan fingerprint density at radius 2 is 1.58 bits per heavy atom. The highest BCUT2D eigenvalue weighted by Gasteiger charge is 2.22. The Hall–Kier alpha value is -2.89. The van der Waals surface area contributed by atoms with Gasteiger partial charge in [-0.25, -0.2) is 9.18 Å². The molecule has 0 radical (unpaired) electrons. The molecule has 2 aromatic carbocycles. The lowest BCUT2D eigenvalue weighted by Gasteiger charge is -2.25. The number of urea groups is 1. The number of rotatable bonds is 7. The molecule has 2 atom stereocenters. The van der Waals surface area contributed by atoms with Crippen molar-refractivity contribution in [2.75, 3.05) is 0 Å². The summed E-state index contributed by atoms with van der Waals surface area (Å²) in [5.41, 5.74) is 6.87. The summed E-state index contributed by atoms with van der Waals surface area (Å²) in [6.07, 6.45) is 0.0529. The predicted octanol–water partition coefficient (Wildman–Crippen LogP) is 3.44. The van der Waals surface area contributed by atoms with Gasteiger partial charge >= 0.3 is 6.03 Å². The highest BCUT2D eigenvalue weighted by Crippen LogP contribution is 2.23. The van der Waals surface area contributed by atoms with Gasteiger partial charge < -0.3 is 16.4 Å². The van der Waals surface area contributed by atoms with Crippen LogP contribution in [0.5, 0.6) is 0 Å². The normalized spacial score (nSPS) is 13.1. The molecule has 0 heterocycles. The zero-order valence-electron chi connectivity index (χ0n) is 14.9. The van der Waals surface area contributed by atoms with Crippen LogP contribution in [0.4, 0.5) is 9.18 Å². The van der Waals surface area contributed by atoms with E-state index in [9.17, 15) is 14.0 Å². The van der Waals surface area contributed by atoms with Gasteiger partial charge in [0.25, 0.3) is 0 Å². The van der Waals surface area contributed by atoms with E-state index in [0.717, 1.165) is 11.1 Å². The summed E-state index contributed by atoms with van der Waals surface area (Å²) in [5.74, 6) is -0.434. The molecule has 0 aliphatic heterocycles. The van der Waals surface area contributed by atoms with E-state index in [0.29, 0.717) is 0 Å². The lowest BCUT2D eigenvalue weighted by atomic mass is 9.95. The maximum Gasteiger partial charge on any atom is 0.312 e. The molecule has 6 heteroatoms. The van der Waals surface area contributed by atoms with Crippen LogP contribution >= 0.6 is 0 Å². The molecule has 26 heavy (non-hydrogen) atoms. The van der Waals surface area contributed by atoms with Gasteiger partial charge in [-0.2, -0.15) is 0 Å². The maximum atomic E-state index is 13.2. The van der Waals surface area contributed by atoms with Gasteiger partial charge in [-0.3, -0.25) is 4.79 Å². The van der Waals surface area contributed by atoms with Crippen molar-refractivity contribution in [3.8, 4) is 0 Å². The molecule has 2 aromatic rings. The molecule has 0 saturated carbocycles. The summed E-state index contributed by atoms with van der Waals surface area (Å²) >= 11 is 0. The minimum Gasteiger partial charge on any atom is -0.352 e. The Kier molecular flexibility index (Phi) is 6.72. The van der Waals surface area contributed by atoms with Crippen LogP contribution in [0.1, 0.15) is 43.5 Å². The summed E-state index contributed by atoms with van der Waals surface area (Å²) in [6, 6.07) is 13.8. The van der Waals surface area contributed by atoms with E-state index in [1.165, 1.54) is 12.1 Å². The molecule has 0 unspecified atom stereocenters. The molecular formula is C20H24FN3O2. The zero-order chi connectivity index (χ0) is 19.1. The van der Waals surface area contributed by atoms with Gasteiger partial charge in [0.1, 0.15) is 5.82 Å². The summed E-state index contributed by atoms with van der Waals surface area (Å²) in [4.78, 5) is 23.9. The first-order valence-electron chi connectivity index (χ1n) is 8.52. The van der Waals surface area contributed by atoms with Gasteiger partial charge in [0.05, 0.1) is 18.5 Å². The first-order valence-corrected chi connectivity index (χ1v) is 8.52. The molecule has 138 valence electrons. The quantitative estimate of drug-likeness (QED) is 0.709. The van der Waals surface area contributed by atoms with E-state index in [1.54, 1.807) is 12.1 Å². The van der Waals surface area contributed by atoms with Crippen molar-refractivity contribution in [3.63, 3.8) is 0 Å². The van der Waals surface area contributed by atoms with E-state index in [1.807, 2.05) is 44.2 Å². The fraction of sp³-hybridized carbons (Fsp3) is 0.300. The van der Waals surface area contributed by atoms with E-state index in [-0.39, 0.29) is 30.1 Å². The number of nitrogens with one attached hydrogen (secondary N) is 2. The number of amides is 3. The SMILES string of the molecule is CC(C)[C@H](NC(=O)C[C@@H](NC(N)=O)c1ccccc1)c1ccc(F)cc1. The Bertz CT molecular complexity index is 732. The smallest absolute Gasteiger partial charge is 0.312 e. The lowest BCUT2D eigenvalue weighted by molar-refractivity contribution is -0.122. The monoisotopic (exact) mass is 357 g/mol. The molecule has 5 nitrogen and oxygen atoms in total. The molecule has 3 amide bonds. The summed E-state index contributed by atoms with van der Waals surface area (Å²) in [6.45, 7) is 3.95. The van der Waals surface area contributed by atoms with Crippen molar-refractivity contribution in [1.82, 2.24) is 10.6 Å². The topological polar surface area (TPSA) is 84.2 Å². The van der Waals surface area contributed by atoms with Crippen LogP contribution in [0.25, 0.3) is 0 Å². The van der Waals surface area contributed by atoms with Crippen molar-refractivity contribution in [1.29, 1.82) is 0 Å². The number of benzene rings is 2. The molecular weight excluding hydrogens is 333 g/mol. The molecule has 0 saturated heterocycles. The van der Waals surface area contributed by atoms with Crippen molar-refractivity contribution < 1.29 is 14.0 Å². The van der Waals surface area contributed by atoms with Crippen LogP contribution < -0.4 is 16.4 Å². The van der Waals surface area contributed by atoms with Crippen molar-refractivity contribution in [2.24, 2.45) is 11.7 Å². The number of halogens is 1. The molecule has 0 aromatic heterocycles. The second-order valence-electron chi connectivity index (χ2n) is 6.52. The third kappa shape index (κ3) is 5.58. The van der Waals surface area contributed by atoms with Crippen molar-refractivity contribution >= 4 is 11.9 Å². The van der Waals surface area contributed by atoms with Crippen LogP contribution in [0, 0.1) is 11.7 Å². The van der Waals surface area contributed by atoms with Gasteiger partial charge in [0.15, 0.2) is 0 Å². The van der Waals surface area contributed by atoms with E-state index in [2.05, 4.69) is 10.6 Å². The molecule has 0 fully saturated rings. The Morgan fingerprint density at radius 1 is 0.962 bits per heavy atom. The zero-order valence-corrected chi connectivity index (χ0v) is 14.9. The summed E-state index contributed by atoms with van der Waals surface area (Å²) in [5, 5.41) is 5.58. The minimum absolute atomic E-state index is 0.0529. The second-order valence-corrected chi connectivity index (χ2v) is 6.52. The number of hydrogen-bond donors (Lipinski definition) is 3. The van der Waals surface area contributed by atoms with Gasteiger partial charge in [0, 0.05) is 0 Å². The summed E-state index contributed by atoms with van der Waals surface area (Å²) in [7, 11) is 0. The highest BCUT2D eigenvalue weighted by atomic mass is 19.1. The van der Waals surface area contributed by atoms with Crippen LogP contribution in [0.2, 0.25) is 0 Å². The number of carbonyl (C=O) groups excluding carboxylic acids is 2. The van der Waals surface area contributed by atoms with E-state index < -0.39 is 12.1 Å². The Morgan fingerprint density at radius 3 is 2.12 bits per heavy atom. The van der Waals surface area contributed by atoms with E-state index in [4.69, 9.17) is 5.73 Å². The molecule has 4 N–H and O–H groups in total. The van der Waals surface area contributed by atoms with Crippen LogP contribution in [-0.4, -0.2) is 11.9 Å². The summed E-state index contributed by atoms with van der Waals surface area (Å²) < 4.78 is 13.2. The average molecular weight is 357 g/mol. The Balaban J connectivity index is 2.12. The van der Waals surface area contributed by atoms with Crippen LogP contribution in [0.15, 0.2) is 54.6 Å². The van der Waals surface area contributed by atoms with Crippen LogP contribution in [0.3, 0.4) is 0 Å². The third-order valence-electron chi connectivity index (χ3n) is 4.12. The molecule has 0 bridgehead atoms. The number of nitrogens with two attached hydrogens (primary N) is 1. The molecule has 0 spiro atoms. The molecule has 2 rings (SSSR count). The van der Waals surface area contributed by atoms with E-state index >= 15 is 0 Å². The second kappa shape index (κ2) is 8.99. The third-order valence-corrected chi connectivity index (χ3v) is 4.12. The average Bonchev–Trinajstić information content (AvgIpc) is 2.60. The molecule has 0 aliphatic rings. The number of carbonyl (C=O) groups is 2. The first-order chi connectivity index (χ1) is 12.4. The largest absolute Gasteiger partial charge is 0.352 e.